The summed E-state index contributed by atoms with van der Waals surface area (Å²) in [6.07, 6.45) is -53.8. The van der Waals surface area contributed by atoms with E-state index in [1.165, 1.54) is 13.8 Å². The Kier molecular flexibility index (Phi) is 25.0. The zero-order chi connectivity index (χ0) is 66.1. The van der Waals surface area contributed by atoms with E-state index < -0.39 is 284 Å². The number of aliphatic hydroxyl groups is 19. The first kappa shape index (κ1) is 72.9. The van der Waals surface area contributed by atoms with Gasteiger partial charge in [0.15, 0.2) is 43.5 Å². The predicted molar refractivity (Wildman–Crippen MR) is 281 cm³/mol. The number of hydrogen-bond acceptors (Lipinski definition) is 35. The average molecular weight is 1310 g/mol. The van der Waals surface area contributed by atoms with Gasteiger partial charge in [-0.1, -0.05) is 0 Å². The van der Waals surface area contributed by atoms with Crippen molar-refractivity contribution in [3.8, 4) is 0 Å². The third kappa shape index (κ3) is 15.5. The molecule has 22 N–H and O–H groups in total. The van der Waals surface area contributed by atoms with Crippen LogP contribution in [0.2, 0.25) is 0 Å². The second kappa shape index (κ2) is 30.9. The fourth-order valence-electron chi connectivity index (χ4n) is 12.7. The van der Waals surface area contributed by atoms with Gasteiger partial charge in [-0.05, 0) is 13.3 Å². The van der Waals surface area contributed by atoms with Crippen molar-refractivity contribution in [2.75, 3.05) is 46.2 Å². The zero-order valence-electron chi connectivity index (χ0n) is 49.1. The summed E-state index contributed by atoms with van der Waals surface area (Å²) in [6.45, 7) is -1.17. The SMILES string of the molecule is CC(=O)NC1C(O)[C@H](O[C@@H]2OC3CC(O)(O)[C@@H]3[C@H](O)C2O)[C@H](CO)O[C@H]1OCCC1[C@@H](OCC2O[C@@H](O[C@@H]3C(CO)O[C@@H](O[C@@H]4C(CO)O[C@@H](C)C(NC(C)=O)[C@H]4O)C(NC(C)=O)[C@H]3O)C(O)[C@@H](O[C@H]3OC(CO)[C@@H](O)C(O)C3O)[C@@H]2O)OC(CO)[C@@H](O)[C@@H]1O. The van der Waals surface area contributed by atoms with Gasteiger partial charge in [-0.3, -0.25) is 14.4 Å². The third-order valence-corrected chi connectivity index (χ3v) is 17.5. The van der Waals surface area contributed by atoms with Crippen molar-refractivity contribution >= 4 is 17.7 Å². The van der Waals surface area contributed by atoms with Crippen molar-refractivity contribution in [3.05, 3.63) is 0 Å². The lowest BCUT2D eigenvalue weighted by atomic mass is 9.69. The number of aliphatic hydroxyl groups excluding tert-OH is 17. The van der Waals surface area contributed by atoms with Gasteiger partial charge in [0, 0.05) is 33.1 Å². The van der Waals surface area contributed by atoms with Gasteiger partial charge in [-0.25, -0.2) is 0 Å². The van der Waals surface area contributed by atoms with Crippen molar-refractivity contribution in [3.63, 3.8) is 0 Å². The third-order valence-electron chi connectivity index (χ3n) is 17.5. The van der Waals surface area contributed by atoms with Crippen LogP contribution >= 0.6 is 0 Å². The number of ether oxygens (including phenoxy) is 13. The normalized spacial score (nSPS) is 48.8. The molecule has 0 aromatic carbocycles. The summed E-state index contributed by atoms with van der Waals surface area (Å²) in [6, 6.07) is -4.35. The smallest absolute Gasteiger partial charge is 0.217 e. The van der Waals surface area contributed by atoms with E-state index in [1.807, 2.05) is 0 Å². The van der Waals surface area contributed by atoms with Crippen LogP contribution < -0.4 is 16.0 Å². The molecule has 3 amide bonds. The van der Waals surface area contributed by atoms with Crippen LogP contribution in [0, 0.1) is 11.8 Å². The van der Waals surface area contributed by atoms with E-state index >= 15 is 0 Å². The number of hydrogen-bond donors (Lipinski definition) is 22. The highest BCUT2D eigenvalue weighted by atomic mass is 16.8. The monoisotopic (exact) mass is 1310 g/mol. The number of carbonyl (C=O) groups is 3. The lowest BCUT2D eigenvalue weighted by Gasteiger charge is -2.56. The summed E-state index contributed by atoms with van der Waals surface area (Å²) in [5.74, 6) is -7.17. The minimum atomic E-state index is -2.35. The largest absolute Gasteiger partial charge is 0.394 e. The first-order valence-electron chi connectivity index (χ1n) is 29.4. The van der Waals surface area contributed by atoms with Crippen LogP contribution in [0.3, 0.4) is 0 Å². The van der Waals surface area contributed by atoms with E-state index in [-0.39, 0.29) is 12.8 Å². The molecule has 15 unspecified atom stereocenters. The molecule has 8 aliphatic rings. The lowest BCUT2D eigenvalue weighted by molar-refractivity contribution is -0.407. The van der Waals surface area contributed by atoms with Gasteiger partial charge in [0.25, 0.3) is 0 Å². The molecule has 38 nitrogen and oxygen atoms in total. The molecule has 520 valence electrons. The van der Waals surface area contributed by atoms with E-state index in [2.05, 4.69) is 16.0 Å². The summed E-state index contributed by atoms with van der Waals surface area (Å²) in [5.41, 5.74) is 0. The fourth-order valence-corrected chi connectivity index (χ4v) is 12.7. The Morgan fingerprint density at radius 1 is 0.411 bits per heavy atom. The van der Waals surface area contributed by atoms with E-state index in [0.717, 1.165) is 13.8 Å². The first-order valence-corrected chi connectivity index (χ1v) is 29.4. The summed E-state index contributed by atoms with van der Waals surface area (Å²) in [7, 11) is 0. The molecule has 1 aliphatic carbocycles. The van der Waals surface area contributed by atoms with Crippen LogP contribution in [0.1, 0.15) is 40.5 Å². The van der Waals surface area contributed by atoms with Crippen LogP contribution in [-0.2, 0) is 76.0 Å². The number of fused-ring (bicyclic) bond motifs is 1. The Morgan fingerprint density at radius 3 is 1.36 bits per heavy atom. The van der Waals surface area contributed by atoms with E-state index in [9.17, 15) is 111 Å². The lowest BCUT2D eigenvalue weighted by Crippen LogP contribution is -2.72. The topological polar surface area (TPSA) is 592 Å². The summed E-state index contributed by atoms with van der Waals surface area (Å²) < 4.78 is 76.9. The van der Waals surface area contributed by atoms with Gasteiger partial charge in [-0.15, -0.1) is 0 Å². The van der Waals surface area contributed by atoms with Gasteiger partial charge in [-0.2, -0.15) is 0 Å². The maximum atomic E-state index is 12.7. The maximum absolute atomic E-state index is 12.7. The molecule has 7 heterocycles. The quantitative estimate of drug-likeness (QED) is 0.0422. The maximum Gasteiger partial charge on any atom is 0.217 e. The Labute approximate surface area is 512 Å². The van der Waals surface area contributed by atoms with Crippen LogP contribution in [0.25, 0.3) is 0 Å². The average Bonchev–Trinajstić information content (AvgIpc) is 0.740. The minimum absolute atomic E-state index is 0.370. The predicted octanol–water partition coefficient (Wildman–Crippen LogP) is -13.8. The molecule has 8 rings (SSSR count). The standard InChI is InChI=1S/C52H87N3O35/c1-14-27(53-15(2)61)35(69)42(22(10-58)80-14)87-48-29(55-17(4)63)37(71)44(24(12-60)85-48)89-51-41(75)45(90-50-40(74)38(72)32(66)21(9-57)83-50)33(67)25(86-51)13-79-46-18(30(64)31(65)20(8-56)82-46)5-6-78-47-28(54-16(3)62)36(70)43(23(11-59)84-47)88-49-39(73)34(68)26-19(81-49)7-52(26,76)77/h14,18-51,56-60,64-77H,5-13H2,1-4H3,(H,53,61)(H,54,62)(H,55,63)/t14-,18?,19?,20?,21?,22?,23-,24?,25?,26-,27?,28?,29?,30+,31+,32+,33+,34-,35+,36?,37+,38?,39?,40?,41?,42+,43+,44+,45-,46-,47+,48-,49-,50+,51-/m0/s1. The highest BCUT2D eigenvalue weighted by Gasteiger charge is 2.64. The fraction of sp³-hybridized carbons (Fsp3) is 0.942. The molecule has 7 aliphatic heterocycles. The van der Waals surface area contributed by atoms with Crippen molar-refractivity contribution in [2.24, 2.45) is 11.8 Å². The molecule has 0 radical (unpaired) electrons. The Morgan fingerprint density at radius 2 is 0.822 bits per heavy atom. The van der Waals surface area contributed by atoms with E-state index in [0.29, 0.717) is 0 Å². The Hall–Kier alpha value is -2.87. The summed E-state index contributed by atoms with van der Waals surface area (Å²) in [4.78, 5) is 37.3. The van der Waals surface area contributed by atoms with Gasteiger partial charge < -0.3 is 175 Å². The van der Waals surface area contributed by atoms with Crippen molar-refractivity contribution in [2.45, 2.75) is 249 Å². The van der Waals surface area contributed by atoms with E-state index in [1.54, 1.807) is 0 Å². The molecule has 0 aromatic rings. The highest BCUT2D eigenvalue weighted by Crippen LogP contribution is 2.47. The molecule has 1 saturated carbocycles. The molecule has 0 aromatic heterocycles. The van der Waals surface area contributed by atoms with Crippen molar-refractivity contribution < 1.29 is 173 Å². The van der Waals surface area contributed by atoms with Crippen molar-refractivity contribution in [1.29, 1.82) is 0 Å². The molecule has 0 spiro atoms. The molecule has 8 fully saturated rings. The van der Waals surface area contributed by atoms with Gasteiger partial charge in [0.1, 0.15) is 134 Å². The van der Waals surface area contributed by atoms with Crippen LogP contribution in [0.15, 0.2) is 0 Å². The molecule has 0 bridgehead atoms. The summed E-state index contributed by atoms with van der Waals surface area (Å²) >= 11 is 0. The van der Waals surface area contributed by atoms with Crippen molar-refractivity contribution in [1.82, 2.24) is 16.0 Å². The molecular weight excluding hydrogens is 1230 g/mol. The van der Waals surface area contributed by atoms with Gasteiger partial charge in [0.2, 0.25) is 17.7 Å². The molecule has 35 atom stereocenters. The number of rotatable bonds is 23. The zero-order valence-corrected chi connectivity index (χ0v) is 49.1. The molecule has 38 heteroatoms. The van der Waals surface area contributed by atoms with Gasteiger partial charge >= 0.3 is 0 Å². The molecular formula is C52H87N3O35. The van der Waals surface area contributed by atoms with Crippen LogP contribution in [-0.4, -0.2) is 369 Å². The summed E-state index contributed by atoms with van der Waals surface area (Å²) in [5, 5.41) is 215. The van der Waals surface area contributed by atoms with Crippen LogP contribution in [0.5, 0.6) is 0 Å². The molecule has 7 saturated heterocycles. The number of amides is 3. The number of carbonyl (C=O) groups excluding carboxylic acids is 3. The highest BCUT2D eigenvalue weighted by molar-refractivity contribution is 5.74. The second-order valence-corrected chi connectivity index (χ2v) is 23.8. The van der Waals surface area contributed by atoms with Gasteiger partial charge in [0.05, 0.1) is 82.6 Å². The molecule has 90 heavy (non-hydrogen) atoms. The number of nitrogens with one attached hydrogen (secondary N) is 3. The second-order valence-electron chi connectivity index (χ2n) is 23.8. The van der Waals surface area contributed by atoms with Crippen LogP contribution in [0.4, 0.5) is 0 Å². The minimum Gasteiger partial charge on any atom is -0.394 e. The Bertz CT molecular complexity index is 2320. The van der Waals surface area contributed by atoms with E-state index in [4.69, 9.17) is 61.6 Å². The first-order chi connectivity index (χ1) is 42.5. The Balaban J connectivity index is 1.01.